The number of benzene rings is 2. The number of rotatable bonds is 7. The van der Waals surface area contributed by atoms with Crippen LogP contribution in [0.5, 0.6) is 11.5 Å². The molecule has 0 radical (unpaired) electrons. The summed E-state index contributed by atoms with van der Waals surface area (Å²) in [5, 5.41) is 0. The number of hydrogen-bond donors (Lipinski definition) is 1. The highest BCUT2D eigenvalue weighted by atomic mass is 19.1. The molecule has 0 saturated carbocycles. The maximum atomic E-state index is 14.0. The molecule has 1 unspecified atom stereocenters. The van der Waals surface area contributed by atoms with E-state index in [0.717, 1.165) is 5.56 Å². The first-order valence-corrected chi connectivity index (χ1v) is 7.44. The van der Waals surface area contributed by atoms with Crippen LogP contribution in [0.15, 0.2) is 42.5 Å². The molecule has 0 fully saturated rings. The lowest BCUT2D eigenvalue weighted by atomic mass is 9.91. The average Bonchev–Trinajstić information content (AvgIpc) is 2.54. The fraction of sp³-hybridized carbons (Fsp3) is 0.333. The fourth-order valence-electron chi connectivity index (χ4n) is 2.61. The standard InChI is InChI=1S/C18H22FNO2/c1-3-22-17-10-6-7-13(18(17)21-2)11-14(12-20)15-8-4-5-9-16(15)19/h4-10,14H,3,11-12,20H2,1-2H3. The first-order chi connectivity index (χ1) is 10.7. The van der Waals surface area contributed by atoms with Gasteiger partial charge in [-0.15, -0.1) is 0 Å². The van der Waals surface area contributed by atoms with Crippen molar-refractivity contribution in [1.29, 1.82) is 0 Å². The molecule has 0 aromatic heterocycles. The molecule has 0 aliphatic heterocycles. The summed E-state index contributed by atoms with van der Waals surface area (Å²) >= 11 is 0. The summed E-state index contributed by atoms with van der Waals surface area (Å²) in [4.78, 5) is 0. The Bertz CT molecular complexity index is 616. The van der Waals surface area contributed by atoms with Gasteiger partial charge in [0.05, 0.1) is 13.7 Å². The molecule has 0 aliphatic rings. The lowest BCUT2D eigenvalue weighted by Crippen LogP contribution is -2.17. The minimum Gasteiger partial charge on any atom is -0.493 e. The van der Waals surface area contributed by atoms with Crippen molar-refractivity contribution >= 4 is 0 Å². The molecule has 2 N–H and O–H groups in total. The van der Waals surface area contributed by atoms with Crippen molar-refractivity contribution in [2.24, 2.45) is 5.73 Å². The summed E-state index contributed by atoms with van der Waals surface area (Å²) in [5.74, 6) is 1.07. The highest BCUT2D eigenvalue weighted by molar-refractivity contribution is 5.47. The van der Waals surface area contributed by atoms with Gasteiger partial charge in [-0.1, -0.05) is 30.3 Å². The van der Waals surface area contributed by atoms with E-state index in [2.05, 4.69) is 0 Å². The van der Waals surface area contributed by atoms with E-state index in [4.69, 9.17) is 15.2 Å². The van der Waals surface area contributed by atoms with Crippen LogP contribution in [0.3, 0.4) is 0 Å². The van der Waals surface area contributed by atoms with E-state index in [1.54, 1.807) is 19.2 Å². The molecule has 0 amide bonds. The normalized spacial score (nSPS) is 12.0. The van der Waals surface area contributed by atoms with Crippen molar-refractivity contribution in [3.05, 3.63) is 59.4 Å². The Hall–Kier alpha value is -2.07. The van der Waals surface area contributed by atoms with Gasteiger partial charge in [-0.2, -0.15) is 0 Å². The predicted molar refractivity (Wildman–Crippen MR) is 86.1 cm³/mol. The number of hydrogen-bond acceptors (Lipinski definition) is 3. The summed E-state index contributed by atoms with van der Waals surface area (Å²) in [6, 6.07) is 12.5. The molecule has 0 spiro atoms. The Balaban J connectivity index is 2.32. The second-order valence-electron chi connectivity index (χ2n) is 5.04. The maximum Gasteiger partial charge on any atom is 0.163 e. The zero-order chi connectivity index (χ0) is 15.9. The van der Waals surface area contributed by atoms with Crippen LogP contribution < -0.4 is 15.2 Å². The first kappa shape index (κ1) is 16.3. The van der Waals surface area contributed by atoms with Crippen molar-refractivity contribution in [3.63, 3.8) is 0 Å². The van der Waals surface area contributed by atoms with E-state index in [1.165, 1.54) is 6.07 Å². The summed E-state index contributed by atoms with van der Waals surface area (Å²) in [6.07, 6.45) is 0.599. The second-order valence-corrected chi connectivity index (χ2v) is 5.04. The van der Waals surface area contributed by atoms with Crippen molar-refractivity contribution in [3.8, 4) is 11.5 Å². The smallest absolute Gasteiger partial charge is 0.163 e. The van der Waals surface area contributed by atoms with E-state index >= 15 is 0 Å². The topological polar surface area (TPSA) is 44.5 Å². The lowest BCUT2D eigenvalue weighted by molar-refractivity contribution is 0.308. The van der Waals surface area contributed by atoms with Gasteiger partial charge in [0.1, 0.15) is 5.82 Å². The van der Waals surface area contributed by atoms with E-state index < -0.39 is 0 Å². The van der Waals surface area contributed by atoms with Gasteiger partial charge in [0.15, 0.2) is 11.5 Å². The van der Waals surface area contributed by atoms with Crippen molar-refractivity contribution < 1.29 is 13.9 Å². The minimum atomic E-state index is -0.224. The molecule has 22 heavy (non-hydrogen) atoms. The third-order valence-electron chi connectivity index (χ3n) is 3.66. The van der Waals surface area contributed by atoms with Crippen LogP contribution in [0, 0.1) is 5.82 Å². The number of nitrogens with two attached hydrogens (primary N) is 1. The van der Waals surface area contributed by atoms with Crippen LogP contribution in [-0.4, -0.2) is 20.3 Å². The molecule has 0 aliphatic carbocycles. The van der Waals surface area contributed by atoms with Gasteiger partial charge in [-0.05, 0) is 43.1 Å². The SMILES string of the molecule is CCOc1cccc(CC(CN)c2ccccc2F)c1OC. The first-order valence-electron chi connectivity index (χ1n) is 7.44. The Labute approximate surface area is 130 Å². The van der Waals surface area contributed by atoms with E-state index in [9.17, 15) is 4.39 Å². The molecule has 2 rings (SSSR count). The zero-order valence-corrected chi connectivity index (χ0v) is 13.0. The van der Waals surface area contributed by atoms with Gasteiger partial charge >= 0.3 is 0 Å². The number of ether oxygens (including phenoxy) is 2. The van der Waals surface area contributed by atoms with Crippen LogP contribution in [0.2, 0.25) is 0 Å². The van der Waals surface area contributed by atoms with Gasteiger partial charge in [-0.3, -0.25) is 0 Å². The molecule has 2 aromatic rings. The van der Waals surface area contributed by atoms with Gasteiger partial charge in [0.25, 0.3) is 0 Å². The van der Waals surface area contributed by atoms with Crippen LogP contribution in [0.4, 0.5) is 4.39 Å². The Morgan fingerprint density at radius 2 is 1.91 bits per heavy atom. The third kappa shape index (κ3) is 3.57. The highest BCUT2D eigenvalue weighted by Crippen LogP contribution is 2.34. The van der Waals surface area contributed by atoms with Gasteiger partial charge in [0, 0.05) is 5.92 Å². The average molecular weight is 303 g/mol. The van der Waals surface area contributed by atoms with Gasteiger partial charge < -0.3 is 15.2 Å². The van der Waals surface area contributed by atoms with Crippen molar-refractivity contribution in [2.75, 3.05) is 20.3 Å². The second kappa shape index (κ2) is 7.80. The van der Waals surface area contributed by atoms with Crippen molar-refractivity contribution in [2.45, 2.75) is 19.3 Å². The Morgan fingerprint density at radius 3 is 2.55 bits per heavy atom. The molecule has 0 saturated heterocycles. The minimum absolute atomic E-state index is 0.105. The van der Waals surface area contributed by atoms with Gasteiger partial charge in [0.2, 0.25) is 0 Å². The maximum absolute atomic E-state index is 14.0. The number of para-hydroxylation sites is 1. The molecular formula is C18H22FNO2. The van der Waals surface area contributed by atoms with Crippen LogP contribution >= 0.6 is 0 Å². The lowest BCUT2D eigenvalue weighted by Gasteiger charge is -2.19. The molecule has 118 valence electrons. The predicted octanol–water partition coefficient (Wildman–Crippen LogP) is 3.52. The summed E-state index contributed by atoms with van der Waals surface area (Å²) in [5.41, 5.74) is 7.47. The van der Waals surface area contributed by atoms with E-state index in [1.807, 2.05) is 31.2 Å². The quantitative estimate of drug-likeness (QED) is 0.851. The fourth-order valence-corrected chi connectivity index (χ4v) is 2.61. The molecule has 2 aromatic carbocycles. The molecule has 0 bridgehead atoms. The Kier molecular flexibility index (Phi) is 5.78. The largest absolute Gasteiger partial charge is 0.493 e. The number of halogens is 1. The monoisotopic (exact) mass is 303 g/mol. The molecule has 3 nitrogen and oxygen atoms in total. The highest BCUT2D eigenvalue weighted by Gasteiger charge is 2.18. The number of methoxy groups -OCH3 is 1. The summed E-state index contributed by atoms with van der Waals surface area (Å²) < 4.78 is 25.1. The molecule has 0 heterocycles. The Morgan fingerprint density at radius 1 is 1.14 bits per heavy atom. The van der Waals surface area contributed by atoms with Crippen LogP contribution in [0.1, 0.15) is 24.0 Å². The third-order valence-corrected chi connectivity index (χ3v) is 3.66. The van der Waals surface area contributed by atoms with E-state index in [0.29, 0.717) is 36.6 Å². The molecule has 1 atom stereocenters. The van der Waals surface area contributed by atoms with E-state index in [-0.39, 0.29) is 11.7 Å². The summed E-state index contributed by atoms with van der Waals surface area (Å²) in [7, 11) is 1.61. The van der Waals surface area contributed by atoms with Gasteiger partial charge in [-0.25, -0.2) is 4.39 Å². The molecular weight excluding hydrogens is 281 g/mol. The zero-order valence-electron chi connectivity index (χ0n) is 13.0. The van der Waals surface area contributed by atoms with Crippen molar-refractivity contribution in [1.82, 2.24) is 0 Å². The van der Waals surface area contributed by atoms with Crippen LogP contribution in [0.25, 0.3) is 0 Å². The van der Waals surface area contributed by atoms with Crippen LogP contribution in [-0.2, 0) is 6.42 Å². The molecule has 4 heteroatoms. The summed E-state index contributed by atoms with van der Waals surface area (Å²) in [6.45, 7) is 2.85.